The molecule has 5 nitrogen and oxygen atoms in total. The summed E-state index contributed by atoms with van der Waals surface area (Å²) in [5, 5.41) is 10.4. The second-order valence-electron chi connectivity index (χ2n) is 8.26. The number of piperidine rings is 1. The predicted octanol–water partition coefficient (Wildman–Crippen LogP) is 5.99. The number of nitrogens with zero attached hydrogens (tertiary/aromatic N) is 1. The van der Waals surface area contributed by atoms with Gasteiger partial charge in [-0.1, -0.05) is 18.6 Å². The first-order valence-corrected chi connectivity index (χ1v) is 10.5. The summed E-state index contributed by atoms with van der Waals surface area (Å²) in [4.78, 5) is 15.2. The summed E-state index contributed by atoms with van der Waals surface area (Å²) in [6, 6.07) is 9.17. The highest BCUT2D eigenvalue weighted by atomic mass is 19.4. The summed E-state index contributed by atoms with van der Waals surface area (Å²) in [7, 11) is 0. The molecular formula is C24H24F3NO4. The van der Waals surface area contributed by atoms with Crippen molar-refractivity contribution < 1.29 is 27.4 Å². The van der Waals surface area contributed by atoms with Crippen LogP contribution in [0.1, 0.15) is 43.1 Å². The van der Waals surface area contributed by atoms with Crippen LogP contribution < -0.4 is 10.2 Å². The summed E-state index contributed by atoms with van der Waals surface area (Å²) in [5.74, 6) is -2.55. The number of halogens is 3. The number of likely N-dealkylation sites (tertiary alicyclic amines) is 1. The maximum Gasteiger partial charge on any atom is 0.453 e. The lowest BCUT2D eigenvalue weighted by Crippen LogP contribution is -2.36. The number of benzene rings is 2. The molecule has 0 radical (unpaired) electrons. The Hall–Kier alpha value is -3.00. The summed E-state index contributed by atoms with van der Waals surface area (Å²) in [6.45, 7) is 4.73. The molecule has 4 rings (SSSR count). The lowest BCUT2D eigenvalue weighted by molar-refractivity contribution is -0.154. The van der Waals surface area contributed by atoms with E-state index >= 15 is 0 Å². The van der Waals surface area contributed by atoms with Crippen molar-refractivity contribution in [2.45, 2.75) is 51.9 Å². The molecule has 1 aliphatic rings. The summed E-state index contributed by atoms with van der Waals surface area (Å²) < 4.78 is 52.4. The third-order valence-corrected chi connectivity index (χ3v) is 5.87. The Labute approximate surface area is 183 Å². The van der Waals surface area contributed by atoms with Gasteiger partial charge in [0.15, 0.2) is 0 Å². The summed E-state index contributed by atoms with van der Waals surface area (Å²) in [5.41, 5.74) is -0.269. The normalized spacial score (nSPS) is 17.6. The minimum absolute atomic E-state index is 0.0712. The lowest BCUT2D eigenvalue weighted by Gasteiger charge is -2.33. The van der Waals surface area contributed by atoms with Gasteiger partial charge >= 0.3 is 6.18 Å². The van der Waals surface area contributed by atoms with Gasteiger partial charge in [0.2, 0.25) is 11.2 Å². The molecule has 0 spiro atoms. The van der Waals surface area contributed by atoms with Crippen LogP contribution in [0.4, 0.5) is 13.2 Å². The van der Waals surface area contributed by atoms with Gasteiger partial charge in [-0.05, 0) is 63.1 Å². The molecular weight excluding hydrogens is 423 g/mol. The van der Waals surface area contributed by atoms with Crippen molar-refractivity contribution in [1.29, 1.82) is 0 Å². The molecule has 32 heavy (non-hydrogen) atoms. The number of rotatable bonds is 4. The van der Waals surface area contributed by atoms with Crippen LogP contribution in [0.15, 0.2) is 45.6 Å². The highest BCUT2D eigenvalue weighted by Gasteiger charge is 2.41. The molecule has 0 saturated carbocycles. The summed E-state index contributed by atoms with van der Waals surface area (Å²) in [6.07, 6.45) is -1.97. The van der Waals surface area contributed by atoms with E-state index < -0.39 is 23.1 Å². The van der Waals surface area contributed by atoms with Gasteiger partial charge in [0.1, 0.15) is 17.1 Å². The zero-order chi connectivity index (χ0) is 23.0. The van der Waals surface area contributed by atoms with E-state index in [0.717, 1.165) is 31.4 Å². The second-order valence-corrected chi connectivity index (χ2v) is 8.26. The van der Waals surface area contributed by atoms with Crippen molar-refractivity contribution in [1.82, 2.24) is 4.90 Å². The highest BCUT2D eigenvalue weighted by Crippen LogP contribution is 2.40. The molecule has 0 amide bonds. The highest BCUT2D eigenvalue weighted by molar-refractivity contribution is 5.83. The van der Waals surface area contributed by atoms with Crippen LogP contribution in [0.5, 0.6) is 17.2 Å². The molecule has 2 heterocycles. The predicted molar refractivity (Wildman–Crippen MR) is 114 cm³/mol. The maximum absolute atomic E-state index is 13.9. The van der Waals surface area contributed by atoms with Crippen molar-refractivity contribution in [3.05, 3.63) is 63.5 Å². The fourth-order valence-electron chi connectivity index (χ4n) is 4.11. The van der Waals surface area contributed by atoms with Crippen molar-refractivity contribution >= 4 is 11.0 Å². The number of phenolic OH excluding ortho intramolecular Hbond substituents is 1. The Morgan fingerprint density at radius 3 is 2.69 bits per heavy atom. The SMILES string of the molecule is Cc1cccc(Oc2c(C(F)(F)F)oc3c(CN4CCCCC4C)c(O)ccc3c2=O)c1. The molecule has 3 aromatic rings. The van der Waals surface area contributed by atoms with Crippen LogP contribution in [0.3, 0.4) is 0 Å². The molecule has 1 unspecified atom stereocenters. The number of alkyl halides is 3. The second kappa shape index (κ2) is 8.50. The monoisotopic (exact) mass is 447 g/mol. The average Bonchev–Trinajstić information content (AvgIpc) is 2.72. The smallest absolute Gasteiger partial charge is 0.453 e. The number of ether oxygens (including phenoxy) is 1. The summed E-state index contributed by atoms with van der Waals surface area (Å²) >= 11 is 0. The van der Waals surface area contributed by atoms with Gasteiger partial charge in [0.25, 0.3) is 5.76 Å². The van der Waals surface area contributed by atoms with Gasteiger partial charge in [-0.2, -0.15) is 13.2 Å². The van der Waals surface area contributed by atoms with E-state index in [1.165, 1.54) is 24.3 Å². The largest absolute Gasteiger partial charge is 0.507 e. The first-order chi connectivity index (χ1) is 15.1. The van der Waals surface area contributed by atoms with E-state index in [-0.39, 0.29) is 40.6 Å². The molecule has 0 aliphatic carbocycles. The fraction of sp³-hybridized carbons (Fsp3) is 0.375. The third-order valence-electron chi connectivity index (χ3n) is 5.87. The van der Waals surface area contributed by atoms with Gasteiger partial charge in [0, 0.05) is 12.6 Å². The van der Waals surface area contributed by atoms with E-state index in [0.29, 0.717) is 0 Å². The van der Waals surface area contributed by atoms with Crippen molar-refractivity contribution in [2.75, 3.05) is 6.54 Å². The molecule has 170 valence electrons. The van der Waals surface area contributed by atoms with Gasteiger partial charge in [-0.25, -0.2) is 0 Å². The number of aromatic hydroxyl groups is 1. The molecule has 1 aliphatic heterocycles. The molecule has 1 fully saturated rings. The third kappa shape index (κ3) is 4.32. The standard InChI is InChI=1S/C24H24F3NO4/c1-14-6-5-8-16(12-14)31-22-20(30)17-9-10-19(29)18(13-28-11-4-3-7-15(28)2)21(17)32-23(22)24(25,26)27/h5-6,8-10,12,15,29H,3-4,7,11,13H2,1-2H3. The van der Waals surface area contributed by atoms with Crippen molar-refractivity contribution in [3.63, 3.8) is 0 Å². The minimum atomic E-state index is -4.96. The Morgan fingerprint density at radius 2 is 2.00 bits per heavy atom. The molecule has 2 aromatic carbocycles. The maximum atomic E-state index is 13.9. The van der Waals surface area contributed by atoms with Crippen molar-refractivity contribution in [3.8, 4) is 17.2 Å². The van der Waals surface area contributed by atoms with Crippen LogP contribution >= 0.6 is 0 Å². The van der Waals surface area contributed by atoms with Crippen molar-refractivity contribution in [2.24, 2.45) is 0 Å². The molecule has 1 aromatic heterocycles. The van der Waals surface area contributed by atoms with Gasteiger partial charge < -0.3 is 14.3 Å². The van der Waals surface area contributed by atoms with Gasteiger partial charge in [-0.15, -0.1) is 0 Å². The number of hydrogen-bond acceptors (Lipinski definition) is 5. The van der Waals surface area contributed by atoms with Gasteiger partial charge in [-0.3, -0.25) is 9.69 Å². The molecule has 1 N–H and O–H groups in total. The Balaban J connectivity index is 1.88. The van der Waals surface area contributed by atoms with E-state index in [1.807, 2.05) is 6.92 Å². The minimum Gasteiger partial charge on any atom is -0.507 e. The molecule has 1 atom stereocenters. The topological polar surface area (TPSA) is 62.9 Å². The Bertz CT molecular complexity index is 1200. The molecule has 8 heteroatoms. The van der Waals surface area contributed by atoms with Crippen LogP contribution in [-0.4, -0.2) is 22.6 Å². The van der Waals surface area contributed by atoms with E-state index in [9.17, 15) is 23.1 Å². The number of fused-ring (bicyclic) bond motifs is 1. The van der Waals surface area contributed by atoms with E-state index in [4.69, 9.17) is 9.15 Å². The average molecular weight is 447 g/mol. The Kier molecular flexibility index (Phi) is 5.90. The van der Waals surface area contributed by atoms with E-state index in [1.54, 1.807) is 19.1 Å². The van der Waals surface area contributed by atoms with E-state index in [2.05, 4.69) is 4.90 Å². The first-order valence-electron chi connectivity index (χ1n) is 10.5. The van der Waals surface area contributed by atoms with Crippen LogP contribution in [0.25, 0.3) is 11.0 Å². The molecule has 1 saturated heterocycles. The first kappa shape index (κ1) is 22.2. The zero-order valence-corrected chi connectivity index (χ0v) is 17.8. The fourth-order valence-corrected chi connectivity index (χ4v) is 4.11. The Morgan fingerprint density at radius 1 is 1.22 bits per heavy atom. The number of hydrogen-bond donors (Lipinski definition) is 1. The zero-order valence-electron chi connectivity index (χ0n) is 17.8. The van der Waals surface area contributed by atoms with Crippen LogP contribution in [-0.2, 0) is 12.7 Å². The lowest BCUT2D eigenvalue weighted by atomic mass is 10.0. The molecule has 0 bridgehead atoms. The van der Waals surface area contributed by atoms with Crippen LogP contribution in [0.2, 0.25) is 0 Å². The van der Waals surface area contributed by atoms with Crippen LogP contribution in [0, 0.1) is 6.92 Å². The van der Waals surface area contributed by atoms with Gasteiger partial charge in [0.05, 0.1) is 10.9 Å². The number of phenols is 1. The quantitative estimate of drug-likeness (QED) is 0.532. The number of aryl methyl sites for hydroxylation is 1.